The number of nitrogens with one attached hydrogen (secondary N) is 1. The third-order valence-corrected chi connectivity index (χ3v) is 2.42. The summed E-state index contributed by atoms with van der Waals surface area (Å²) in [5, 5.41) is 11.4. The van der Waals surface area contributed by atoms with Crippen LogP contribution in [0.3, 0.4) is 0 Å². The number of aromatic carboxylic acids is 1. The predicted octanol–water partition coefficient (Wildman–Crippen LogP) is 2.12. The zero-order chi connectivity index (χ0) is 12.8. The van der Waals surface area contributed by atoms with Crippen LogP contribution in [-0.2, 0) is 9.53 Å². The van der Waals surface area contributed by atoms with Gasteiger partial charge in [-0.05, 0) is 25.1 Å². The zero-order valence-corrected chi connectivity index (χ0v) is 10.8. The molecule has 6 heteroatoms. The molecule has 0 aliphatic carbocycles. The van der Waals surface area contributed by atoms with Crippen LogP contribution in [0.5, 0.6) is 0 Å². The molecule has 0 fully saturated rings. The molecule has 0 aliphatic heterocycles. The number of carboxylic acids is 1. The Morgan fingerprint density at radius 1 is 1.47 bits per heavy atom. The van der Waals surface area contributed by atoms with Crippen LogP contribution in [0.4, 0.5) is 5.69 Å². The summed E-state index contributed by atoms with van der Waals surface area (Å²) in [4.78, 5) is 22.3. The van der Waals surface area contributed by atoms with E-state index in [1.807, 2.05) is 0 Å². The minimum absolute atomic E-state index is 0.0399. The van der Waals surface area contributed by atoms with Crippen molar-refractivity contribution in [3.8, 4) is 0 Å². The molecule has 1 aromatic carbocycles. The van der Waals surface area contributed by atoms with Gasteiger partial charge >= 0.3 is 5.97 Å². The lowest BCUT2D eigenvalue weighted by atomic mass is 10.2. The van der Waals surface area contributed by atoms with Gasteiger partial charge in [0.2, 0.25) is 5.91 Å². The topological polar surface area (TPSA) is 75.6 Å². The van der Waals surface area contributed by atoms with Crippen molar-refractivity contribution < 1.29 is 19.4 Å². The Kier molecular flexibility index (Phi) is 5.11. The van der Waals surface area contributed by atoms with Crippen LogP contribution in [0.15, 0.2) is 22.7 Å². The van der Waals surface area contributed by atoms with E-state index in [2.05, 4.69) is 21.2 Å². The molecular formula is C11H12BrNO4. The van der Waals surface area contributed by atoms with Crippen LogP contribution in [-0.4, -0.2) is 30.2 Å². The van der Waals surface area contributed by atoms with Crippen molar-refractivity contribution in [3.05, 3.63) is 28.2 Å². The van der Waals surface area contributed by atoms with Crippen molar-refractivity contribution in [3.63, 3.8) is 0 Å². The van der Waals surface area contributed by atoms with Crippen molar-refractivity contribution in [2.45, 2.75) is 6.92 Å². The number of amides is 1. The smallest absolute Gasteiger partial charge is 0.337 e. The Morgan fingerprint density at radius 2 is 2.18 bits per heavy atom. The Balaban J connectivity index is 2.85. The van der Waals surface area contributed by atoms with E-state index >= 15 is 0 Å². The third kappa shape index (κ3) is 4.16. The van der Waals surface area contributed by atoms with Crippen LogP contribution in [0.2, 0.25) is 0 Å². The molecule has 0 aromatic heterocycles. The van der Waals surface area contributed by atoms with Crippen LogP contribution in [0.25, 0.3) is 0 Å². The lowest BCUT2D eigenvalue weighted by Crippen LogP contribution is -2.19. The van der Waals surface area contributed by atoms with Crippen LogP contribution in [0.1, 0.15) is 17.3 Å². The van der Waals surface area contributed by atoms with Gasteiger partial charge in [-0.3, -0.25) is 4.79 Å². The molecule has 5 nitrogen and oxygen atoms in total. The standard InChI is InChI=1S/C11H12BrNO4/c1-2-17-6-10(14)13-9-5-7(12)3-4-8(9)11(15)16/h3-5H,2,6H2,1H3,(H,13,14)(H,15,16). The van der Waals surface area contributed by atoms with Crippen molar-refractivity contribution in [1.82, 2.24) is 0 Å². The van der Waals surface area contributed by atoms with E-state index in [0.717, 1.165) is 0 Å². The molecule has 0 unspecified atom stereocenters. The molecule has 92 valence electrons. The summed E-state index contributed by atoms with van der Waals surface area (Å²) in [7, 11) is 0. The van der Waals surface area contributed by atoms with Crippen molar-refractivity contribution in [1.29, 1.82) is 0 Å². The van der Waals surface area contributed by atoms with E-state index in [1.165, 1.54) is 12.1 Å². The number of hydrogen-bond acceptors (Lipinski definition) is 3. The van der Waals surface area contributed by atoms with Gasteiger partial charge in [0, 0.05) is 11.1 Å². The first-order valence-electron chi connectivity index (χ1n) is 4.95. The van der Waals surface area contributed by atoms with E-state index in [4.69, 9.17) is 9.84 Å². The second-order valence-corrected chi connectivity index (χ2v) is 4.10. The SMILES string of the molecule is CCOCC(=O)Nc1cc(Br)ccc1C(=O)O. The first-order valence-corrected chi connectivity index (χ1v) is 5.74. The van der Waals surface area contributed by atoms with Gasteiger partial charge in [0.1, 0.15) is 6.61 Å². The molecule has 0 atom stereocenters. The molecule has 2 N–H and O–H groups in total. The molecule has 17 heavy (non-hydrogen) atoms. The van der Waals surface area contributed by atoms with E-state index in [-0.39, 0.29) is 23.8 Å². The van der Waals surface area contributed by atoms with Gasteiger partial charge in [0.25, 0.3) is 0 Å². The highest BCUT2D eigenvalue weighted by molar-refractivity contribution is 9.10. The highest BCUT2D eigenvalue weighted by atomic mass is 79.9. The molecule has 0 saturated carbocycles. The Bertz CT molecular complexity index is 433. The first kappa shape index (κ1) is 13.7. The number of carbonyl (C=O) groups is 2. The van der Waals surface area contributed by atoms with E-state index < -0.39 is 5.97 Å². The number of halogens is 1. The van der Waals surface area contributed by atoms with Gasteiger partial charge in [0.15, 0.2) is 0 Å². The molecule has 1 rings (SSSR count). The Hall–Kier alpha value is -1.40. The number of benzene rings is 1. The number of ether oxygens (including phenoxy) is 1. The fourth-order valence-corrected chi connectivity index (χ4v) is 1.55. The number of carbonyl (C=O) groups excluding carboxylic acids is 1. The minimum Gasteiger partial charge on any atom is -0.478 e. The van der Waals surface area contributed by atoms with Crippen molar-refractivity contribution in [2.75, 3.05) is 18.5 Å². The number of anilines is 1. The van der Waals surface area contributed by atoms with Gasteiger partial charge < -0.3 is 15.2 Å². The molecule has 1 aromatic rings. The average Bonchev–Trinajstić information content (AvgIpc) is 2.26. The highest BCUT2D eigenvalue weighted by Crippen LogP contribution is 2.21. The average molecular weight is 302 g/mol. The molecule has 1 amide bonds. The summed E-state index contributed by atoms with van der Waals surface area (Å²) >= 11 is 3.21. The summed E-state index contributed by atoms with van der Waals surface area (Å²) in [5.74, 6) is -1.48. The maximum Gasteiger partial charge on any atom is 0.337 e. The van der Waals surface area contributed by atoms with Crippen molar-refractivity contribution >= 4 is 33.5 Å². The summed E-state index contributed by atoms with van der Waals surface area (Å²) < 4.78 is 5.62. The van der Waals surface area contributed by atoms with E-state index in [1.54, 1.807) is 13.0 Å². The van der Waals surface area contributed by atoms with E-state index in [9.17, 15) is 9.59 Å². The third-order valence-electron chi connectivity index (χ3n) is 1.92. The van der Waals surface area contributed by atoms with Crippen LogP contribution >= 0.6 is 15.9 Å². The fraction of sp³-hybridized carbons (Fsp3) is 0.273. The summed E-state index contributed by atoms with van der Waals surface area (Å²) in [6.45, 7) is 2.11. The number of carboxylic acid groups (broad SMARTS) is 1. The zero-order valence-electron chi connectivity index (χ0n) is 9.20. The van der Waals surface area contributed by atoms with Gasteiger partial charge in [-0.25, -0.2) is 4.79 Å². The Morgan fingerprint density at radius 3 is 2.76 bits per heavy atom. The highest BCUT2D eigenvalue weighted by Gasteiger charge is 2.12. The quantitative estimate of drug-likeness (QED) is 0.873. The number of hydrogen-bond donors (Lipinski definition) is 2. The fourth-order valence-electron chi connectivity index (χ4n) is 1.19. The first-order chi connectivity index (χ1) is 8.04. The van der Waals surface area contributed by atoms with E-state index in [0.29, 0.717) is 11.1 Å². The second kappa shape index (κ2) is 6.36. The molecule has 0 bridgehead atoms. The maximum atomic E-state index is 11.4. The summed E-state index contributed by atoms with van der Waals surface area (Å²) in [5.41, 5.74) is 0.287. The largest absolute Gasteiger partial charge is 0.478 e. The minimum atomic E-state index is -1.09. The molecule has 0 radical (unpaired) electrons. The summed E-state index contributed by atoms with van der Waals surface area (Å²) in [6, 6.07) is 4.55. The van der Waals surface area contributed by atoms with Gasteiger partial charge in [-0.1, -0.05) is 15.9 Å². The molecule has 0 saturated heterocycles. The molecule has 0 heterocycles. The lowest BCUT2D eigenvalue weighted by molar-refractivity contribution is -0.120. The lowest BCUT2D eigenvalue weighted by Gasteiger charge is -2.08. The van der Waals surface area contributed by atoms with Gasteiger partial charge in [-0.2, -0.15) is 0 Å². The second-order valence-electron chi connectivity index (χ2n) is 3.18. The monoisotopic (exact) mass is 301 g/mol. The Labute approximate surface area is 107 Å². The maximum absolute atomic E-state index is 11.4. The predicted molar refractivity (Wildman–Crippen MR) is 66.2 cm³/mol. The van der Waals surface area contributed by atoms with Crippen LogP contribution < -0.4 is 5.32 Å². The van der Waals surface area contributed by atoms with Gasteiger partial charge in [-0.15, -0.1) is 0 Å². The normalized spacial score (nSPS) is 10.0. The van der Waals surface area contributed by atoms with Gasteiger partial charge in [0.05, 0.1) is 11.3 Å². The molecular weight excluding hydrogens is 290 g/mol. The number of rotatable bonds is 5. The summed E-state index contributed by atoms with van der Waals surface area (Å²) in [6.07, 6.45) is 0. The molecule has 0 spiro atoms. The molecule has 0 aliphatic rings. The van der Waals surface area contributed by atoms with Crippen molar-refractivity contribution in [2.24, 2.45) is 0 Å². The van der Waals surface area contributed by atoms with Crippen LogP contribution in [0, 0.1) is 0 Å².